The van der Waals surface area contributed by atoms with E-state index in [9.17, 15) is 101 Å². The molecule has 0 bridgehead atoms. The Morgan fingerprint density at radius 3 is 1.31 bits per heavy atom. The number of halogens is 17. The molecule has 2 amide bonds. The number of H-pyrrole nitrogens is 1. The number of carboxylic acids is 1. The number of nitrogens with one attached hydrogen (secondary N) is 2. The average Bonchev–Trinajstić information content (AvgIpc) is 1.60. The first-order valence-electron chi connectivity index (χ1n) is 34.8. The van der Waals surface area contributed by atoms with Crippen LogP contribution >= 0.6 is 34.8 Å². The van der Waals surface area contributed by atoms with Gasteiger partial charge >= 0.3 is 43.0 Å². The lowest BCUT2D eigenvalue weighted by Gasteiger charge is -2.17. The number of aliphatic carboxylic acids is 1. The van der Waals surface area contributed by atoms with Gasteiger partial charge in [-0.2, -0.15) is 80.3 Å². The third-order valence-electron chi connectivity index (χ3n) is 16.8. The Morgan fingerprint density at radius 1 is 0.545 bits per heavy atom. The Balaban J connectivity index is 0.000000186. The molecule has 8 aromatic heterocycles. The topological polar surface area (TPSA) is 433 Å². The van der Waals surface area contributed by atoms with Crippen molar-refractivity contribution in [3.8, 4) is 22.7 Å². The van der Waals surface area contributed by atoms with Crippen molar-refractivity contribution in [2.24, 2.45) is 0 Å². The van der Waals surface area contributed by atoms with E-state index in [-0.39, 0.29) is 83.2 Å². The van der Waals surface area contributed by atoms with Gasteiger partial charge in [-0.25, -0.2) is 45.5 Å². The Labute approximate surface area is 697 Å². The summed E-state index contributed by atoms with van der Waals surface area (Å²) in [7, 11) is -1.51. The van der Waals surface area contributed by atoms with Crippen LogP contribution in [-0.2, 0) is 32.9 Å². The van der Waals surface area contributed by atoms with Crippen LogP contribution in [0.3, 0.4) is 0 Å². The highest BCUT2D eigenvalue weighted by molar-refractivity contribution is 6.58. The van der Waals surface area contributed by atoms with Gasteiger partial charge in [-0.15, -0.1) is 0 Å². The number of aliphatic hydroxyl groups excluding tert-OH is 2. The molecule has 0 radical (unpaired) electrons. The highest BCUT2D eigenvalue weighted by Gasteiger charge is 2.44. The molecular formula is C72H63BCl3F14N21O12. The van der Waals surface area contributed by atoms with E-state index in [1.54, 1.807) is 35.4 Å². The molecule has 0 saturated carbocycles. The molecule has 5 aromatic carbocycles. The highest BCUT2D eigenvalue weighted by Crippen LogP contribution is 2.41. The van der Waals surface area contributed by atoms with Crippen molar-refractivity contribution in [1.29, 1.82) is 0 Å². The number of anilines is 3. The predicted octanol–water partition coefficient (Wildman–Crippen LogP) is 13.1. The van der Waals surface area contributed by atoms with E-state index in [0.717, 1.165) is 27.4 Å². The fourth-order valence-corrected chi connectivity index (χ4v) is 11.5. The maximum absolute atomic E-state index is 13.1. The molecule has 1 saturated heterocycles. The number of aromatic amines is 1. The molecule has 14 rings (SSSR count). The lowest BCUT2D eigenvalue weighted by Crippen LogP contribution is -2.29. The molecule has 1 aliphatic heterocycles. The van der Waals surface area contributed by atoms with Gasteiger partial charge in [0, 0.05) is 32.6 Å². The fourth-order valence-electron chi connectivity index (χ4n) is 10.8. The van der Waals surface area contributed by atoms with Gasteiger partial charge in [-0.1, -0.05) is 46.9 Å². The number of rotatable bonds is 18. The van der Waals surface area contributed by atoms with Crippen molar-refractivity contribution in [3.05, 3.63) is 282 Å². The van der Waals surface area contributed by atoms with Crippen LogP contribution in [0.4, 0.5) is 89.9 Å². The monoisotopic (exact) mass is 1800 g/mol. The number of aromatic nitrogens is 16. The number of amides is 2. The molecule has 13 aromatic rings. The molecule has 0 spiro atoms. The van der Waals surface area contributed by atoms with Gasteiger partial charge in [-0.05, 0) is 142 Å². The lowest BCUT2D eigenvalue weighted by atomic mass is 9.80. The van der Waals surface area contributed by atoms with Gasteiger partial charge < -0.3 is 41.3 Å². The number of carbonyl (C=O) groups is 3. The van der Waals surface area contributed by atoms with Gasteiger partial charge in [0.1, 0.15) is 59.8 Å². The number of carboxylic acid groups (broad SMARTS) is 1. The van der Waals surface area contributed by atoms with Gasteiger partial charge in [0.05, 0.1) is 125 Å². The lowest BCUT2D eigenvalue weighted by molar-refractivity contribution is -0.385. The van der Waals surface area contributed by atoms with Gasteiger partial charge in [0.2, 0.25) is 5.91 Å². The van der Waals surface area contributed by atoms with Crippen LogP contribution in [0.5, 0.6) is 0 Å². The summed E-state index contributed by atoms with van der Waals surface area (Å²) in [5.41, 5.74) is 5.58. The van der Waals surface area contributed by atoms with E-state index in [1.165, 1.54) is 180 Å². The quantitative estimate of drug-likeness (QED) is 0.0171. The zero-order valence-corrected chi connectivity index (χ0v) is 65.3. The van der Waals surface area contributed by atoms with Crippen molar-refractivity contribution < 1.29 is 111 Å². The van der Waals surface area contributed by atoms with Crippen LogP contribution in [0, 0.1) is 70.1 Å². The molecular weight excluding hydrogens is 1730 g/mol. The second-order valence-electron chi connectivity index (χ2n) is 25.2. The number of nitro groups is 2. The summed E-state index contributed by atoms with van der Waals surface area (Å²) in [5, 5.41) is 96.9. The second kappa shape index (κ2) is 41.7. The Hall–Kier alpha value is -13.4. The van der Waals surface area contributed by atoms with Crippen molar-refractivity contribution in [3.63, 3.8) is 0 Å². The minimum atomic E-state index is -4.79. The molecule has 1 aliphatic rings. The average molecular weight is 1800 g/mol. The number of aliphatic hydroxyl groups is 2. The van der Waals surface area contributed by atoms with E-state index < -0.39 is 123 Å². The zero-order valence-electron chi connectivity index (χ0n) is 63.0. The third kappa shape index (κ3) is 25.4. The molecule has 3 unspecified atom stereocenters. The molecule has 9 heterocycles. The highest BCUT2D eigenvalue weighted by atomic mass is 35.5. The molecule has 1 fully saturated rings. The molecule has 0 aliphatic carbocycles. The molecule has 123 heavy (non-hydrogen) atoms. The number of carbonyl (C=O) groups excluding carboxylic acids is 2. The first-order chi connectivity index (χ1) is 57.9. The molecule has 3 atom stereocenters. The minimum Gasteiger partial charge on any atom is -0.480 e. The first-order valence-corrected chi connectivity index (χ1v) is 35.9. The summed E-state index contributed by atoms with van der Waals surface area (Å²) in [6, 6.07) is 24.1. The van der Waals surface area contributed by atoms with E-state index in [4.69, 9.17) is 60.8 Å². The molecule has 33 nitrogen and oxygen atoms in total. The zero-order chi connectivity index (χ0) is 90.7. The fraction of sp³-hybridized carbons (Fsp3) is 0.208. The van der Waals surface area contributed by atoms with Crippen molar-refractivity contribution >= 4 is 93.6 Å². The van der Waals surface area contributed by atoms with E-state index >= 15 is 0 Å². The van der Waals surface area contributed by atoms with Crippen molar-refractivity contribution in [2.45, 2.75) is 76.7 Å². The smallest absolute Gasteiger partial charge is 0.480 e. The Kier molecular flexibility index (Phi) is 32.2. The van der Waals surface area contributed by atoms with E-state index in [1.807, 2.05) is 0 Å². The number of hydrogen-bond donors (Lipinski definition) is 8. The minimum absolute atomic E-state index is 0.00926. The summed E-state index contributed by atoms with van der Waals surface area (Å²) in [5.74, 6) is -4.31. The van der Waals surface area contributed by atoms with Crippen LogP contribution in [0.1, 0.15) is 71.6 Å². The van der Waals surface area contributed by atoms with Crippen LogP contribution in [0.2, 0.25) is 15.1 Å². The van der Waals surface area contributed by atoms with Gasteiger partial charge in [0.15, 0.2) is 23.1 Å². The molecule has 51 heteroatoms. The summed E-state index contributed by atoms with van der Waals surface area (Å²) in [6.45, 7) is 3.26. The summed E-state index contributed by atoms with van der Waals surface area (Å²) < 4.78 is 188. The maximum Gasteiger partial charge on any atom is 0.488 e. The molecule has 650 valence electrons. The predicted molar refractivity (Wildman–Crippen MR) is 411 cm³/mol. The first kappa shape index (κ1) is 95.1. The number of alkyl halides is 9. The number of nitrogens with zero attached hydrogens (tertiary/aromatic N) is 18. The second-order valence-corrected chi connectivity index (χ2v) is 26.4. The number of nitrogens with two attached hydrogens (primary N) is 1. The largest absolute Gasteiger partial charge is 0.488 e. The van der Waals surface area contributed by atoms with Gasteiger partial charge in [0.25, 0.3) is 5.91 Å². The summed E-state index contributed by atoms with van der Waals surface area (Å²) in [4.78, 5) is 57.1. The maximum atomic E-state index is 13.1. The summed E-state index contributed by atoms with van der Waals surface area (Å²) in [6.07, 6.45) is -0.578. The SMILES string of the molecule is Cc1c(Cl)c(C(F)(F)F)nn1C(CCO)C(=O)Nc1cnn(-c2ccc(F)cc2)c1.Cc1c(Cl)c(C(F)(F)F)nn1C(CCO)C(=O)O.Cc1c(Cl)c(C(F)(F)F)nn1C1CCN(c2cnn(-c3ccc(F)cc3)c2)C1=O.Nc1cnn(-c2ccc(F)cc2)c1.O=[N+]([O-])c1cn[nH]c1.O=[N+]([O-])c1cnn(-c2ccc(F)cc2)c1.OB(O)c1ccc(F)cc1. The van der Waals surface area contributed by atoms with Gasteiger partial charge in [-0.3, -0.25) is 49.0 Å². The Morgan fingerprint density at radius 2 is 0.935 bits per heavy atom. The van der Waals surface area contributed by atoms with Crippen molar-refractivity contribution in [2.75, 3.05) is 35.7 Å². The number of nitrogen functional groups attached to an aromatic ring is 1. The van der Waals surface area contributed by atoms with Crippen LogP contribution in [0.25, 0.3) is 22.7 Å². The van der Waals surface area contributed by atoms with Crippen LogP contribution < -0.4 is 21.4 Å². The van der Waals surface area contributed by atoms with Crippen LogP contribution in [-0.4, -0.2) is 159 Å². The number of hydrogen-bond acceptors (Lipinski definition) is 20. The Bertz CT molecular complexity index is 5720. The van der Waals surface area contributed by atoms with Crippen molar-refractivity contribution in [1.82, 2.24) is 78.7 Å². The van der Waals surface area contributed by atoms with Crippen LogP contribution in [0.15, 0.2) is 183 Å². The normalized spacial score (nSPS) is 12.9. The summed E-state index contributed by atoms with van der Waals surface area (Å²) >= 11 is 17.0. The third-order valence-corrected chi connectivity index (χ3v) is 18.2. The van der Waals surface area contributed by atoms with E-state index in [2.05, 4.69) is 51.2 Å². The number of benzene rings is 5. The standard InChI is InChI=1S/C18H16ClF4N5O2.C18H14ClF4N5O.C9H10ClF3N2O3.C9H6FN3O2.C9H8FN3.C6H6BFO2.C3H3N3O2/c1-10-15(19)16(18(21,22)23)26-28(10)14(6-7-29)17(30)25-12-8-24-27(9-12)13-4-2-11(20)3-5-13;1-10-15(19)16(18(21,22)23)25-28(10)14-6-7-26(17(14)29)13-8-24-27(9-13)12-4-2-11(20)3-5-12;1-4-6(10)7(9(11,12)13)14-15(4)5(2-3-16)8(17)18;10-7-1-3-8(4-2-7)12-6-9(5-11-12)13(14)15;10-7-1-3-9(4-2-7)13-6-8(11)5-12-13;8-6-3-1-5(2-4-6)7(9)10;7-6(8)3-1-4-5-2-3/h2-5,8-9,14,29H,6-7H2,1H3,(H,25,30);2-5,8-9,14H,6-7H2,1H3;5,16H,2-3H2,1H3,(H,17,18);1-6H;1-6H,11H2;1-4,9-10H;1-2H,(H,4,5). The molecule has 9 N–H and O–H groups in total. The van der Waals surface area contributed by atoms with E-state index in [0.29, 0.717) is 38.6 Å².